The van der Waals surface area contributed by atoms with Gasteiger partial charge in [0.25, 0.3) is 5.69 Å². The fourth-order valence-electron chi connectivity index (χ4n) is 1.92. The van der Waals surface area contributed by atoms with Crippen molar-refractivity contribution in [2.75, 3.05) is 24.6 Å². The smallest absolute Gasteiger partial charge is 0.258 e. The van der Waals surface area contributed by atoms with E-state index in [0.29, 0.717) is 4.47 Å². The van der Waals surface area contributed by atoms with Gasteiger partial charge in [-0.05, 0) is 12.1 Å². The number of rotatable bonds is 3. The monoisotopic (exact) mass is 398 g/mol. The first-order valence-corrected chi connectivity index (χ1v) is 9.83. The van der Waals surface area contributed by atoms with Gasteiger partial charge in [0.05, 0.1) is 16.4 Å². The predicted octanol–water partition coefficient (Wildman–Crippen LogP) is 0.776. The summed E-state index contributed by atoms with van der Waals surface area (Å²) in [6.45, 7) is -0.400. The Kier molecular flexibility index (Phi) is 4.38. The third-order valence-electron chi connectivity index (χ3n) is 3.04. The molecule has 1 saturated heterocycles. The molecule has 0 radical (unpaired) electrons. The summed E-state index contributed by atoms with van der Waals surface area (Å²) < 4.78 is 49.0. The van der Waals surface area contributed by atoms with Crippen LogP contribution in [0, 0.1) is 10.1 Å². The van der Waals surface area contributed by atoms with Crippen LogP contribution < -0.4 is 0 Å². The minimum absolute atomic E-state index is 0.200. The van der Waals surface area contributed by atoms with Gasteiger partial charge in [-0.25, -0.2) is 16.8 Å². The molecular weight excluding hydrogens is 388 g/mol. The number of hydrogen-bond donors (Lipinski definition) is 0. The molecule has 0 unspecified atom stereocenters. The summed E-state index contributed by atoms with van der Waals surface area (Å²) in [6, 6.07) is 3.62. The van der Waals surface area contributed by atoms with Gasteiger partial charge in [0.1, 0.15) is 0 Å². The van der Waals surface area contributed by atoms with E-state index in [9.17, 15) is 26.9 Å². The zero-order valence-electron chi connectivity index (χ0n) is 10.6. The number of benzene rings is 1. The number of hydrogen-bond acceptors (Lipinski definition) is 6. The molecule has 11 heteroatoms. The number of sulfone groups is 1. The standard InChI is InChI=1S/C10H11BrN2O6S2/c11-8-1-2-9(13(14)15)10(7-8)21(18,19)12-3-5-20(16,17)6-4-12/h1-2,7H,3-6H2. The highest BCUT2D eigenvalue weighted by Crippen LogP contribution is 2.30. The molecule has 21 heavy (non-hydrogen) atoms. The second kappa shape index (κ2) is 5.63. The van der Waals surface area contributed by atoms with E-state index in [1.54, 1.807) is 0 Å². The van der Waals surface area contributed by atoms with Gasteiger partial charge in [-0.2, -0.15) is 4.31 Å². The van der Waals surface area contributed by atoms with Crippen molar-refractivity contribution < 1.29 is 21.8 Å². The van der Waals surface area contributed by atoms with Gasteiger partial charge in [-0.1, -0.05) is 15.9 Å². The van der Waals surface area contributed by atoms with Crippen molar-refractivity contribution in [1.82, 2.24) is 4.31 Å². The Balaban J connectivity index is 2.45. The first-order valence-electron chi connectivity index (χ1n) is 5.78. The topological polar surface area (TPSA) is 115 Å². The van der Waals surface area contributed by atoms with Gasteiger partial charge in [-0.15, -0.1) is 0 Å². The molecule has 0 N–H and O–H groups in total. The van der Waals surface area contributed by atoms with Crippen LogP contribution in [0.3, 0.4) is 0 Å². The van der Waals surface area contributed by atoms with E-state index in [4.69, 9.17) is 0 Å². The number of sulfonamides is 1. The molecule has 0 atom stereocenters. The molecule has 2 rings (SSSR count). The van der Waals surface area contributed by atoms with Crippen molar-refractivity contribution >= 4 is 41.5 Å². The van der Waals surface area contributed by atoms with Crippen LogP contribution in [0.1, 0.15) is 0 Å². The van der Waals surface area contributed by atoms with Gasteiger partial charge >= 0.3 is 0 Å². The molecule has 0 aromatic heterocycles. The number of nitro benzene ring substituents is 1. The Labute approximate surface area is 130 Å². The van der Waals surface area contributed by atoms with E-state index >= 15 is 0 Å². The Hall–Kier alpha value is -1.04. The van der Waals surface area contributed by atoms with Gasteiger partial charge in [-0.3, -0.25) is 10.1 Å². The highest BCUT2D eigenvalue weighted by molar-refractivity contribution is 9.10. The fourth-order valence-corrected chi connectivity index (χ4v) is 5.49. The van der Waals surface area contributed by atoms with E-state index < -0.39 is 35.4 Å². The fraction of sp³-hybridized carbons (Fsp3) is 0.400. The van der Waals surface area contributed by atoms with Gasteiger partial charge < -0.3 is 0 Å². The van der Waals surface area contributed by atoms with Crippen LogP contribution >= 0.6 is 15.9 Å². The maximum absolute atomic E-state index is 12.5. The molecule has 0 spiro atoms. The Bertz CT molecular complexity index is 776. The minimum Gasteiger partial charge on any atom is -0.258 e. The Morgan fingerprint density at radius 2 is 1.81 bits per heavy atom. The molecule has 0 bridgehead atoms. The number of nitro groups is 1. The molecule has 1 aromatic rings. The Morgan fingerprint density at radius 1 is 1.24 bits per heavy atom. The van der Waals surface area contributed by atoms with Gasteiger partial charge in [0, 0.05) is 23.6 Å². The second-order valence-electron chi connectivity index (χ2n) is 4.43. The maximum atomic E-state index is 12.5. The molecule has 0 saturated carbocycles. The molecule has 1 fully saturated rings. The first kappa shape index (κ1) is 16.3. The zero-order valence-corrected chi connectivity index (χ0v) is 13.8. The van der Waals surface area contributed by atoms with Crippen LogP contribution in [-0.4, -0.2) is 50.7 Å². The second-order valence-corrected chi connectivity index (χ2v) is 9.55. The lowest BCUT2D eigenvalue weighted by atomic mass is 10.3. The summed E-state index contributed by atoms with van der Waals surface area (Å²) in [6.07, 6.45) is 0. The van der Waals surface area contributed by atoms with Crippen molar-refractivity contribution in [3.8, 4) is 0 Å². The van der Waals surface area contributed by atoms with Crippen LogP contribution in [0.2, 0.25) is 0 Å². The van der Waals surface area contributed by atoms with Crippen LogP contribution in [0.25, 0.3) is 0 Å². The van der Waals surface area contributed by atoms with Crippen LogP contribution in [0.5, 0.6) is 0 Å². The Morgan fingerprint density at radius 3 is 2.33 bits per heavy atom. The van der Waals surface area contributed by atoms with Crippen molar-refractivity contribution in [2.45, 2.75) is 4.90 Å². The normalized spacial score (nSPS) is 19.3. The molecule has 1 aliphatic rings. The summed E-state index contributed by atoms with van der Waals surface area (Å²) in [5.74, 6) is -0.567. The molecule has 8 nitrogen and oxygen atoms in total. The van der Waals surface area contributed by atoms with E-state index in [-0.39, 0.29) is 24.6 Å². The summed E-state index contributed by atoms with van der Waals surface area (Å²) >= 11 is 3.08. The molecular formula is C10H11BrN2O6S2. The van der Waals surface area contributed by atoms with Crippen LogP contribution in [0.4, 0.5) is 5.69 Å². The summed E-state index contributed by atoms with van der Waals surface area (Å²) in [5, 5.41) is 11.0. The lowest BCUT2D eigenvalue weighted by Crippen LogP contribution is -2.43. The van der Waals surface area contributed by atoms with E-state index in [0.717, 1.165) is 16.4 Å². The van der Waals surface area contributed by atoms with Crippen molar-refractivity contribution in [3.63, 3.8) is 0 Å². The molecule has 1 heterocycles. The quantitative estimate of drug-likeness (QED) is 0.548. The van der Waals surface area contributed by atoms with Crippen LogP contribution in [-0.2, 0) is 19.9 Å². The molecule has 116 valence electrons. The summed E-state index contributed by atoms with van der Waals surface area (Å²) in [5.41, 5.74) is -0.536. The summed E-state index contributed by atoms with van der Waals surface area (Å²) in [7, 11) is -7.36. The number of nitrogens with zero attached hydrogens (tertiary/aromatic N) is 2. The van der Waals surface area contributed by atoms with Crippen molar-refractivity contribution in [2.24, 2.45) is 0 Å². The van der Waals surface area contributed by atoms with Gasteiger partial charge in [0.2, 0.25) is 10.0 Å². The average molecular weight is 399 g/mol. The highest BCUT2D eigenvalue weighted by Gasteiger charge is 2.35. The van der Waals surface area contributed by atoms with Gasteiger partial charge in [0.15, 0.2) is 14.7 Å². The van der Waals surface area contributed by atoms with E-state index in [1.165, 1.54) is 6.07 Å². The van der Waals surface area contributed by atoms with E-state index in [1.807, 2.05) is 0 Å². The molecule has 1 aromatic carbocycles. The first-order chi connectivity index (χ1) is 9.63. The SMILES string of the molecule is O=[N+]([O-])c1ccc(Br)cc1S(=O)(=O)N1CCS(=O)(=O)CC1. The molecule has 0 aliphatic carbocycles. The zero-order chi connectivity index (χ0) is 15.8. The van der Waals surface area contributed by atoms with Crippen molar-refractivity contribution in [3.05, 3.63) is 32.8 Å². The third kappa shape index (κ3) is 3.42. The molecule has 1 aliphatic heterocycles. The lowest BCUT2D eigenvalue weighted by molar-refractivity contribution is -0.387. The van der Waals surface area contributed by atoms with Crippen LogP contribution in [0.15, 0.2) is 27.6 Å². The lowest BCUT2D eigenvalue weighted by Gasteiger charge is -2.25. The summed E-state index contributed by atoms with van der Waals surface area (Å²) in [4.78, 5) is 9.76. The predicted molar refractivity (Wildman–Crippen MR) is 78.2 cm³/mol. The third-order valence-corrected chi connectivity index (χ3v) is 7.07. The molecule has 0 amide bonds. The maximum Gasteiger partial charge on any atom is 0.289 e. The highest BCUT2D eigenvalue weighted by atomic mass is 79.9. The average Bonchev–Trinajstić information content (AvgIpc) is 2.37. The number of halogens is 1. The van der Waals surface area contributed by atoms with Crippen molar-refractivity contribution in [1.29, 1.82) is 0 Å². The minimum atomic E-state index is -4.11. The van der Waals surface area contributed by atoms with E-state index in [2.05, 4.69) is 15.9 Å². The largest absolute Gasteiger partial charge is 0.289 e.